The minimum Gasteiger partial charge on any atom is -0.366 e. The first-order valence-corrected chi connectivity index (χ1v) is 12.3. The lowest BCUT2D eigenvalue weighted by Crippen LogP contribution is -2.34. The highest BCUT2D eigenvalue weighted by Crippen LogP contribution is 2.25. The van der Waals surface area contributed by atoms with Crippen molar-refractivity contribution in [1.29, 1.82) is 0 Å². The van der Waals surface area contributed by atoms with Crippen molar-refractivity contribution in [2.45, 2.75) is 26.2 Å². The first-order chi connectivity index (χ1) is 17.6. The van der Waals surface area contributed by atoms with Crippen LogP contribution in [0.1, 0.15) is 33.0 Å². The van der Waals surface area contributed by atoms with Gasteiger partial charge in [-0.05, 0) is 29.3 Å². The Labute approximate surface area is 214 Å². The molecular formula is C28H27ClFN5O. The molecule has 0 saturated carbocycles. The molecule has 2 heterocycles. The van der Waals surface area contributed by atoms with Gasteiger partial charge in [0.05, 0.1) is 6.54 Å². The standard InChI is InChI=1S/C28H27ClFN5O/c29-23-11-6-9-21(15-23)16-31-17-25-33-27-26(35(25)18-20-7-2-1-3-8-20)28(36)34(14-13-32-27)19-22-10-4-5-12-24(22)30/h1-12,15,31-32H,13-14,16-19H2. The second-order valence-electron chi connectivity index (χ2n) is 8.78. The zero-order valence-corrected chi connectivity index (χ0v) is 20.5. The van der Waals surface area contributed by atoms with Gasteiger partial charge in [-0.2, -0.15) is 0 Å². The third kappa shape index (κ3) is 5.42. The van der Waals surface area contributed by atoms with Crippen LogP contribution in [0.15, 0.2) is 78.9 Å². The summed E-state index contributed by atoms with van der Waals surface area (Å²) < 4.78 is 16.3. The minimum atomic E-state index is -0.313. The number of fused-ring (bicyclic) bond motifs is 1. The van der Waals surface area contributed by atoms with Gasteiger partial charge in [0.2, 0.25) is 0 Å². The van der Waals surface area contributed by atoms with Crippen molar-refractivity contribution in [2.75, 3.05) is 18.4 Å². The van der Waals surface area contributed by atoms with Crippen LogP contribution in [0.3, 0.4) is 0 Å². The highest BCUT2D eigenvalue weighted by molar-refractivity contribution is 6.30. The molecule has 1 aliphatic heterocycles. The lowest BCUT2D eigenvalue weighted by Gasteiger charge is -2.22. The molecule has 1 aliphatic rings. The summed E-state index contributed by atoms with van der Waals surface area (Å²) in [4.78, 5) is 20.3. The van der Waals surface area contributed by atoms with Crippen LogP contribution in [0.5, 0.6) is 0 Å². The van der Waals surface area contributed by atoms with Gasteiger partial charge in [0.25, 0.3) is 5.91 Å². The predicted molar refractivity (Wildman–Crippen MR) is 139 cm³/mol. The molecule has 5 rings (SSSR count). The van der Waals surface area contributed by atoms with E-state index in [1.807, 2.05) is 59.2 Å². The number of carbonyl (C=O) groups excluding carboxylic acids is 1. The molecule has 6 nitrogen and oxygen atoms in total. The summed E-state index contributed by atoms with van der Waals surface area (Å²) >= 11 is 6.12. The van der Waals surface area contributed by atoms with E-state index in [0.29, 0.717) is 54.8 Å². The molecule has 0 spiro atoms. The van der Waals surface area contributed by atoms with E-state index in [2.05, 4.69) is 10.6 Å². The Hall–Kier alpha value is -3.68. The van der Waals surface area contributed by atoms with E-state index in [9.17, 15) is 9.18 Å². The van der Waals surface area contributed by atoms with Gasteiger partial charge in [0.15, 0.2) is 11.5 Å². The molecule has 4 aromatic rings. The van der Waals surface area contributed by atoms with Crippen molar-refractivity contribution in [3.63, 3.8) is 0 Å². The number of imidazole rings is 1. The predicted octanol–water partition coefficient (Wildman–Crippen LogP) is 5.08. The number of halogens is 2. The Balaban J connectivity index is 1.44. The molecule has 0 saturated heterocycles. The Morgan fingerprint density at radius 1 is 0.944 bits per heavy atom. The molecule has 1 amide bonds. The third-order valence-corrected chi connectivity index (χ3v) is 6.45. The molecule has 1 aromatic heterocycles. The number of nitrogens with one attached hydrogen (secondary N) is 2. The van der Waals surface area contributed by atoms with E-state index in [1.165, 1.54) is 6.07 Å². The summed E-state index contributed by atoms with van der Waals surface area (Å²) in [6.07, 6.45) is 0. The van der Waals surface area contributed by atoms with Crippen LogP contribution in [-0.2, 0) is 26.2 Å². The summed E-state index contributed by atoms with van der Waals surface area (Å²) in [5.41, 5.74) is 3.11. The number of anilines is 1. The maximum atomic E-state index is 14.4. The van der Waals surface area contributed by atoms with Crippen molar-refractivity contribution in [3.8, 4) is 0 Å². The molecule has 36 heavy (non-hydrogen) atoms. The zero-order chi connectivity index (χ0) is 24.9. The average molecular weight is 504 g/mol. The Kier molecular flexibility index (Phi) is 7.30. The highest BCUT2D eigenvalue weighted by Gasteiger charge is 2.30. The number of hydrogen-bond donors (Lipinski definition) is 2. The summed E-state index contributed by atoms with van der Waals surface area (Å²) in [6.45, 7) is 2.77. The normalized spacial score (nSPS) is 13.3. The lowest BCUT2D eigenvalue weighted by molar-refractivity contribution is 0.0743. The summed E-state index contributed by atoms with van der Waals surface area (Å²) in [5, 5.41) is 7.43. The van der Waals surface area contributed by atoms with Crippen LogP contribution in [0.4, 0.5) is 10.2 Å². The second-order valence-corrected chi connectivity index (χ2v) is 9.21. The smallest absolute Gasteiger partial charge is 0.274 e. The maximum Gasteiger partial charge on any atom is 0.274 e. The van der Waals surface area contributed by atoms with Gasteiger partial charge in [-0.25, -0.2) is 9.37 Å². The molecule has 2 N–H and O–H groups in total. The summed E-state index contributed by atoms with van der Waals surface area (Å²) in [6, 6.07) is 24.3. The van der Waals surface area contributed by atoms with E-state index in [0.717, 1.165) is 17.0 Å². The quantitative estimate of drug-likeness (QED) is 0.352. The topological polar surface area (TPSA) is 62.2 Å². The molecule has 8 heteroatoms. The van der Waals surface area contributed by atoms with Crippen molar-refractivity contribution >= 4 is 23.3 Å². The second kappa shape index (κ2) is 10.9. The van der Waals surface area contributed by atoms with E-state index in [1.54, 1.807) is 23.1 Å². The molecule has 0 fully saturated rings. The first kappa shape index (κ1) is 24.0. The van der Waals surface area contributed by atoms with Crippen LogP contribution in [-0.4, -0.2) is 33.4 Å². The van der Waals surface area contributed by atoms with Gasteiger partial charge >= 0.3 is 0 Å². The lowest BCUT2D eigenvalue weighted by atomic mass is 10.2. The molecule has 0 radical (unpaired) electrons. The number of carbonyl (C=O) groups is 1. The van der Waals surface area contributed by atoms with Crippen molar-refractivity contribution in [2.24, 2.45) is 0 Å². The maximum absolute atomic E-state index is 14.4. The van der Waals surface area contributed by atoms with Crippen LogP contribution in [0.2, 0.25) is 5.02 Å². The largest absolute Gasteiger partial charge is 0.366 e. The minimum absolute atomic E-state index is 0.164. The van der Waals surface area contributed by atoms with Gasteiger partial charge in [0, 0.05) is 43.3 Å². The van der Waals surface area contributed by atoms with E-state index in [4.69, 9.17) is 16.6 Å². The van der Waals surface area contributed by atoms with Gasteiger partial charge in [0.1, 0.15) is 11.6 Å². The molecule has 3 aromatic carbocycles. The van der Waals surface area contributed by atoms with Gasteiger partial charge in [-0.15, -0.1) is 0 Å². The van der Waals surface area contributed by atoms with Gasteiger partial charge in [-0.3, -0.25) is 4.79 Å². The number of benzene rings is 3. The fraction of sp³-hybridized carbons (Fsp3) is 0.214. The summed E-state index contributed by atoms with van der Waals surface area (Å²) in [7, 11) is 0. The van der Waals surface area contributed by atoms with Crippen LogP contribution in [0, 0.1) is 5.82 Å². The molecule has 0 unspecified atom stereocenters. The monoisotopic (exact) mass is 503 g/mol. The Morgan fingerprint density at radius 2 is 1.72 bits per heavy atom. The fourth-order valence-corrected chi connectivity index (χ4v) is 4.63. The van der Waals surface area contributed by atoms with Crippen molar-refractivity contribution < 1.29 is 9.18 Å². The number of amides is 1. The molecule has 0 aliphatic carbocycles. The zero-order valence-electron chi connectivity index (χ0n) is 19.8. The average Bonchev–Trinajstić information content (AvgIpc) is 3.13. The van der Waals surface area contributed by atoms with Crippen molar-refractivity contribution in [1.82, 2.24) is 19.8 Å². The number of nitrogens with zero attached hydrogens (tertiary/aromatic N) is 3. The number of rotatable bonds is 8. The first-order valence-electron chi connectivity index (χ1n) is 11.9. The molecule has 0 atom stereocenters. The Bertz CT molecular complexity index is 1360. The van der Waals surface area contributed by atoms with E-state index >= 15 is 0 Å². The van der Waals surface area contributed by atoms with E-state index < -0.39 is 0 Å². The highest BCUT2D eigenvalue weighted by atomic mass is 35.5. The van der Waals surface area contributed by atoms with Crippen LogP contribution < -0.4 is 10.6 Å². The van der Waals surface area contributed by atoms with Crippen LogP contribution in [0.25, 0.3) is 0 Å². The number of aromatic nitrogens is 2. The molecule has 0 bridgehead atoms. The molecular weight excluding hydrogens is 477 g/mol. The van der Waals surface area contributed by atoms with E-state index in [-0.39, 0.29) is 18.3 Å². The third-order valence-electron chi connectivity index (χ3n) is 6.21. The van der Waals surface area contributed by atoms with Gasteiger partial charge < -0.3 is 20.1 Å². The number of hydrogen-bond acceptors (Lipinski definition) is 4. The van der Waals surface area contributed by atoms with Crippen molar-refractivity contribution in [3.05, 3.63) is 118 Å². The van der Waals surface area contributed by atoms with Crippen LogP contribution >= 0.6 is 11.6 Å². The summed E-state index contributed by atoms with van der Waals surface area (Å²) in [5.74, 6) is 0.834. The fourth-order valence-electron chi connectivity index (χ4n) is 4.42. The van der Waals surface area contributed by atoms with Gasteiger partial charge in [-0.1, -0.05) is 72.3 Å². The SMILES string of the molecule is O=C1c2c(nc(CNCc3cccc(Cl)c3)n2Cc2ccccc2)NCCN1Cc1ccccc1F. The molecule has 184 valence electrons. The Morgan fingerprint density at radius 3 is 2.53 bits per heavy atom.